The Hall–Kier alpha value is -1.78. The highest BCUT2D eigenvalue weighted by molar-refractivity contribution is 7.87. The smallest absolute Gasteiger partial charge is 0.371 e. The number of rotatable bonds is 4. The van der Waals surface area contributed by atoms with Crippen molar-refractivity contribution >= 4 is 10.1 Å². The molecular weight excluding hydrogens is 345 g/mol. The Bertz CT molecular complexity index is 642. The van der Waals surface area contributed by atoms with Crippen LogP contribution < -0.4 is 0 Å². The minimum absolute atomic E-state index is 0.108. The first-order valence-corrected chi connectivity index (χ1v) is 6.76. The van der Waals surface area contributed by atoms with Gasteiger partial charge in [0.2, 0.25) is 5.76 Å². The largest absolute Gasteiger partial charge is 0.534 e. The molecule has 0 aliphatic rings. The lowest BCUT2D eigenvalue weighted by Gasteiger charge is -2.14. The molecule has 0 amide bonds. The monoisotopic (exact) mass is 352 g/mol. The van der Waals surface area contributed by atoms with Crippen molar-refractivity contribution in [1.29, 1.82) is 0 Å². The van der Waals surface area contributed by atoms with E-state index in [0.29, 0.717) is 0 Å². The van der Waals surface area contributed by atoms with Gasteiger partial charge < -0.3 is 4.18 Å². The van der Waals surface area contributed by atoms with Crippen LogP contribution in [0.5, 0.6) is 0 Å². The van der Waals surface area contributed by atoms with E-state index in [2.05, 4.69) is 4.18 Å². The zero-order chi connectivity index (χ0) is 17.2. The lowest BCUT2D eigenvalue weighted by Crippen LogP contribution is -2.29. The summed E-state index contributed by atoms with van der Waals surface area (Å²) in [6, 6.07) is 4.00. The summed E-state index contributed by atoms with van der Waals surface area (Å²) in [5.74, 6) is -2.99. The van der Waals surface area contributed by atoms with Gasteiger partial charge in [-0.3, -0.25) is 0 Å². The van der Waals surface area contributed by atoms with Gasteiger partial charge in [0.25, 0.3) is 0 Å². The highest BCUT2D eigenvalue weighted by atomic mass is 32.2. The lowest BCUT2D eigenvalue weighted by molar-refractivity contribution is -0.120. The van der Waals surface area contributed by atoms with Crippen molar-refractivity contribution in [2.24, 2.45) is 0 Å². The standard InChI is InChI=1S/C11H7F7O3S/c12-8-4-1-7(2-5-8)3-6-9(10(13,14)15)21-22(19,20)11(16,17)18/h1-2,4-6H,3H2. The van der Waals surface area contributed by atoms with Crippen LogP contribution in [0.4, 0.5) is 30.7 Å². The molecule has 1 aromatic carbocycles. The predicted octanol–water partition coefficient (Wildman–Crippen LogP) is 3.68. The van der Waals surface area contributed by atoms with E-state index in [1.807, 2.05) is 0 Å². The van der Waals surface area contributed by atoms with E-state index >= 15 is 0 Å². The minimum atomic E-state index is -6.44. The Kier molecular flexibility index (Phi) is 5.10. The summed E-state index contributed by atoms with van der Waals surface area (Å²) in [6.07, 6.45) is -5.93. The van der Waals surface area contributed by atoms with Crippen molar-refractivity contribution in [2.45, 2.75) is 18.1 Å². The molecule has 11 heteroatoms. The minimum Gasteiger partial charge on any atom is -0.371 e. The summed E-state index contributed by atoms with van der Waals surface area (Å²) in [6.45, 7) is 0. The molecule has 3 nitrogen and oxygen atoms in total. The average molecular weight is 352 g/mol. The maximum Gasteiger partial charge on any atom is 0.534 e. The zero-order valence-corrected chi connectivity index (χ0v) is 11.2. The molecule has 0 N–H and O–H groups in total. The van der Waals surface area contributed by atoms with Crippen LogP contribution in [-0.2, 0) is 20.7 Å². The molecule has 0 radical (unpaired) electrons. The lowest BCUT2D eigenvalue weighted by atomic mass is 10.1. The number of hydrogen-bond acceptors (Lipinski definition) is 3. The molecule has 124 valence electrons. The third-order valence-corrected chi connectivity index (χ3v) is 3.16. The van der Waals surface area contributed by atoms with E-state index in [1.165, 1.54) is 0 Å². The second kappa shape index (κ2) is 6.15. The summed E-state index contributed by atoms with van der Waals surface area (Å²) in [5.41, 5.74) is -5.89. The number of benzene rings is 1. The third kappa shape index (κ3) is 4.90. The summed E-state index contributed by atoms with van der Waals surface area (Å²) in [4.78, 5) is 0. The maximum atomic E-state index is 12.6. The normalized spacial score (nSPS) is 14.0. The Morgan fingerprint density at radius 2 is 1.55 bits per heavy atom. The third-order valence-electron chi connectivity index (χ3n) is 2.20. The van der Waals surface area contributed by atoms with Gasteiger partial charge in [0, 0.05) is 0 Å². The molecule has 0 unspecified atom stereocenters. The Balaban J connectivity index is 3.04. The van der Waals surface area contributed by atoms with Crippen LogP contribution >= 0.6 is 0 Å². The Labute approximate surface area is 120 Å². The molecule has 0 bridgehead atoms. The first-order chi connectivity index (χ1) is 9.83. The predicted molar refractivity (Wildman–Crippen MR) is 60.3 cm³/mol. The fraction of sp³-hybridized carbons (Fsp3) is 0.273. The van der Waals surface area contributed by atoms with Crippen molar-refractivity contribution in [3.63, 3.8) is 0 Å². The van der Waals surface area contributed by atoms with Crippen LogP contribution in [-0.4, -0.2) is 20.1 Å². The molecule has 1 rings (SSSR count). The van der Waals surface area contributed by atoms with Gasteiger partial charge in [0.05, 0.1) is 0 Å². The van der Waals surface area contributed by atoms with E-state index < -0.39 is 39.8 Å². The Morgan fingerprint density at radius 3 is 1.95 bits per heavy atom. The van der Waals surface area contributed by atoms with E-state index in [4.69, 9.17) is 0 Å². The fourth-order valence-electron chi connectivity index (χ4n) is 1.19. The summed E-state index contributed by atoms with van der Waals surface area (Å²) in [5, 5.41) is 0. The number of hydrogen-bond donors (Lipinski definition) is 0. The van der Waals surface area contributed by atoms with Gasteiger partial charge in [-0.25, -0.2) is 4.39 Å². The first kappa shape index (κ1) is 18.3. The van der Waals surface area contributed by atoms with Gasteiger partial charge in [-0.15, -0.1) is 0 Å². The number of alkyl halides is 6. The number of halogens is 7. The van der Waals surface area contributed by atoms with Crippen molar-refractivity contribution < 1.29 is 43.3 Å². The van der Waals surface area contributed by atoms with Crippen LogP contribution in [0.2, 0.25) is 0 Å². The van der Waals surface area contributed by atoms with E-state index in [1.54, 1.807) is 0 Å². The molecule has 22 heavy (non-hydrogen) atoms. The molecule has 0 fully saturated rings. The van der Waals surface area contributed by atoms with Crippen LogP contribution in [0.1, 0.15) is 5.56 Å². The van der Waals surface area contributed by atoms with E-state index in [0.717, 1.165) is 24.3 Å². The van der Waals surface area contributed by atoms with E-state index in [9.17, 15) is 39.2 Å². The molecule has 0 aliphatic heterocycles. The SMILES string of the molecule is O=S(=O)(OC(=CCc1ccc(F)cc1)C(F)(F)F)C(F)(F)F. The second-order valence-electron chi connectivity index (χ2n) is 3.88. The van der Waals surface area contributed by atoms with Crippen molar-refractivity contribution in [3.05, 3.63) is 47.5 Å². The highest BCUT2D eigenvalue weighted by Gasteiger charge is 2.51. The number of allylic oxidation sites excluding steroid dienone is 2. The van der Waals surface area contributed by atoms with Gasteiger partial charge in [-0.2, -0.15) is 34.8 Å². The van der Waals surface area contributed by atoms with Crippen molar-refractivity contribution in [3.8, 4) is 0 Å². The summed E-state index contributed by atoms with van der Waals surface area (Å²) in [7, 11) is -6.44. The van der Waals surface area contributed by atoms with E-state index in [-0.39, 0.29) is 11.6 Å². The highest BCUT2D eigenvalue weighted by Crippen LogP contribution is 2.33. The van der Waals surface area contributed by atoms with Crippen LogP contribution in [0.3, 0.4) is 0 Å². The van der Waals surface area contributed by atoms with Crippen LogP contribution in [0, 0.1) is 5.82 Å². The van der Waals surface area contributed by atoms with Crippen molar-refractivity contribution in [2.75, 3.05) is 0 Å². The maximum absolute atomic E-state index is 12.6. The quantitative estimate of drug-likeness (QED) is 0.359. The zero-order valence-electron chi connectivity index (χ0n) is 10.4. The summed E-state index contributed by atoms with van der Waals surface area (Å²) >= 11 is 0. The molecular formula is C11H7F7O3S. The molecule has 0 heterocycles. The molecule has 0 saturated carbocycles. The van der Waals surface area contributed by atoms with Crippen LogP contribution in [0.15, 0.2) is 36.1 Å². The molecule has 1 aromatic rings. The fourth-order valence-corrected chi connectivity index (χ4v) is 1.69. The van der Waals surface area contributed by atoms with Gasteiger partial charge >= 0.3 is 21.8 Å². The topological polar surface area (TPSA) is 43.4 Å². The second-order valence-corrected chi connectivity index (χ2v) is 5.42. The first-order valence-electron chi connectivity index (χ1n) is 5.35. The Morgan fingerprint density at radius 1 is 1.05 bits per heavy atom. The van der Waals surface area contributed by atoms with Crippen LogP contribution in [0.25, 0.3) is 0 Å². The van der Waals surface area contributed by atoms with Crippen molar-refractivity contribution in [1.82, 2.24) is 0 Å². The summed E-state index contributed by atoms with van der Waals surface area (Å²) < 4.78 is 111. The van der Waals surface area contributed by atoms with Gasteiger partial charge in [-0.05, 0) is 30.2 Å². The molecule has 0 aliphatic carbocycles. The van der Waals surface area contributed by atoms with Gasteiger partial charge in [-0.1, -0.05) is 12.1 Å². The van der Waals surface area contributed by atoms with Gasteiger partial charge in [0.1, 0.15) is 5.82 Å². The molecule has 0 aromatic heterocycles. The molecule has 0 saturated heterocycles. The molecule has 0 atom stereocenters. The molecule has 0 spiro atoms. The average Bonchev–Trinajstić information content (AvgIpc) is 2.33. The van der Waals surface area contributed by atoms with Gasteiger partial charge in [0.15, 0.2) is 0 Å².